The number of hydrogen-bond acceptors (Lipinski definition) is 4. The molecular weight excluding hydrogens is 689 g/mol. The number of benzene rings is 3. The molecule has 6 nitrogen and oxygen atoms in total. The van der Waals surface area contributed by atoms with E-state index in [4.69, 9.17) is 5.11 Å². The lowest BCUT2D eigenvalue weighted by Gasteiger charge is -2.29. The number of aromatic nitrogens is 1. The first-order chi connectivity index (χ1) is 27.2. The predicted molar refractivity (Wildman–Crippen MR) is 238 cm³/mol. The molecular formula is C50H64N4O2. The van der Waals surface area contributed by atoms with Gasteiger partial charge < -0.3 is 25.6 Å². The highest BCUT2D eigenvalue weighted by atomic mass is 16.3. The Balaban J connectivity index is 0.000000348. The van der Waals surface area contributed by atoms with Crippen molar-refractivity contribution < 1.29 is 9.90 Å². The average molecular weight is 753 g/mol. The van der Waals surface area contributed by atoms with Gasteiger partial charge in [0.2, 0.25) is 6.41 Å². The van der Waals surface area contributed by atoms with Crippen LogP contribution in [0.4, 0.5) is 5.69 Å². The van der Waals surface area contributed by atoms with Gasteiger partial charge in [-0.1, -0.05) is 113 Å². The summed E-state index contributed by atoms with van der Waals surface area (Å²) in [4.78, 5) is 10.7. The molecule has 2 atom stereocenters. The fourth-order valence-corrected chi connectivity index (χ4v) is 9.58. The van der Waals surface area contributed by atoms with Crippen molar-refractivity contribution >= 4 is 34.8 Å². The van der Waals surface area contributed by atoms with E-state index in [9.17, 15) is 4.79 Å². The van der Waals surface area contributed by atoms with Gasteiger partial charge in [-0.25, -0.2) is 0 Å². The lowest BCUT2D eigenvalue weighted by molar-refractivity contribution is -0.109. The minimum absolute atomic E-state index is 0.0310. The van der Waals surface area contributed by atoms with E-state index in [-0.39, 0.29) is 11.3 Å². The fraction of sp³-hybridized carbons (Fsp3) is 0.420. The van der Waals surface area contributed by atoms with Gasteiger partial charge in [0, 0.05) is 48.0 Å². The molecule has 7 rings (SSSR count). The normalized spacial score (nSPS) is 18.1. The van der Waals surface area contributed by atoms with Crippen molar-refractivity contribution in [3.05, 3.63) is 127 Å². The van der Waals surface area contributed by atoms with E-state index in [0.29, 0.717) is 17.8 Å². The molecule has 3 aromatic carbocycles. The van der Waals surface area contributed by atoms with E-state index in [2.05, 4.69) is 95.7 Å². The highest BCUT2D eigenvalue weighted by Gasteiger charge is 2.33. The van der Waals surface area contributed by atoms with E-state index >= 15 is 0 Å². The maximum atomic E-state index is 10.7. The molecule has 0 radical (unpaired) electrons. The fourth-order valence-electron chi connectivity index (χ4n) is 9.58. The summed E-state index contributed by atoms with van der Waals surface area (Å²) < 4.78 is 2.71. The summed E-state index contributed by atoms with van der Waals surface area (Å²) in [5, 5.41) is 19.9. The van der Waals surface area contributed by atoms with Gasteiger partial charge in [-0.2, -0.15) is 0 Å². The van der Waals surface area contributed by atoms with Gasteiger partial charge in [0.15, 0.2) is 0 Å². The second-order valence-electron chi connectivity index (χ2n) is 16.6. The molecule has 296 valence electrons. The molecule has 2 aliphatic carbocycles. The van der Waals surface area contributed by atoms with Gasteiger partial charge in [-0.05, 0) is 116 Å². The second-order valence-corrected chi connectivity index (χ2v) is 16.6. The van der Waals surface area contributed by atoms with Gasteiger partial charge in [-0.3, -0.25) is 4.79 Å². The predicted octanol–water partition coefficient (Wildman–Crippen LogP) is 12.0. The van der Waals surface area contributed by atoms with Crippen LogP contribution in [0.2, 0.25) is 0 Å². The number of amides is 1. The van der Waals surface area contributed by atoms with E-state index in [1.807, 2.05) is 37.4 Å². The minimum Gasteiger partial charge on any atom is -0.509 e. The Kier molecular flexibility index (Phi) is 14.0. The van der Waals surface area contributed by atoms with Gasteiger partial charge >= 0.3 is 0 Å². The summed E-state index contributed by atoms with van der Waals surface area (Å²) in [5.41, 5.74) is 11.7. The summed E-state index contributed by atoms with van der Waals surface area (Å²) in [7, 11) is 1.88. The summed E-state index contributed by atoms with van der Waals surface area (Å²) in [6.45, 7) is 16.3. The van der Waals surface area contributed by atoms with Gasteiger partial charge in [0.25, 0.3) is 0 Å². The van der Waals surface area contributed by atoms with Crippen LogP contribution in [-0.2, 0) is 17.8 Å². The summed E-state index contributed by atoms with van der Waals surface area (Å²) in [6.07, 6.45) is 22.2. The lowest BCUT2D eigenvalue weighted by Crippen LogP contribution is -2.38. The molecule has 1 aliphatic heterocycles. The van der Waals surface area contributed by atoms with Crippen LogP contribution >= 0.6 is 0 Å². The average Bonchev–Trinajstić information content (AvgIpc) is 3.77. The quantitative estimate of drug-likeness (QED) is 0.0321. The van der Waals surface area contributed by atoms with Gasteiger partial charge in [-0.15, -0.1) is 6.58 Å². The zero-order chi connectivity index (χ0) is 39.5. The van der Waals surface area contributed by atoms with Crippen LogP contribution in [0.15, 0.2) is 104 Å². The van der Waals surface area contributed by atoms with Crippen molar-refractivity contribution in [2.24, 2.45) is 11.8 Å². The molecule has 2 fully saturated rings. The number of carbonyl (C=O) groups is 1. The van der Waals surface area contributed by atoms with Crippen LogP contribution in [0.3, 0.4) is 0 Å². The standard InChI is InChI=1S/C39H51N3O.C11H13NO/c1-4-39(20-10-11-21-39)41-29(3)32-18-19-35-36(25-32)42-26-30(23-28(2)13-12-22-40-27-43)24-33-16-8-9-17-34(33)38(42)37(35)31-14-6-5-7-15-31;1-9(13)3-4-10-5-7-11(12-2)8-6-10/h4,8-9,16-19,25,27-28,30-31,41H,1,3,5-7,10-15,20-24,26H2,2H3,(H,40,43);3-8,12-13H,1H2,2H3/b;4-3+. The molecule has 3 aliphatic rings. The molecule has 0 saturated heterocycles. The molecule has 56 heavy (non-hydrogen) atoms. The Morgan fingerprint density at radius 3 is 2.45 bits per heavy atom. The molecule has 1 amide bonds. The Bertz CT molecular complexity index is 1990. The largest absolute Gasteiger partial charge is 0.509 e. The number of rotatable bonds is 15. The third-order valence-electron chi connectivity index (χ3n) is 12.5. The first kappa shape index (κ1) is 40.7. The number of hydrogen-bond donors (Lipinski definition) is 4. The number of aliphatic hydroxyl groups is 1. The van der Waals surface area contributed by atoms with E-state index in [1.165, 1.54) is 84.7 Å². The second kappa shape index (κ2) is 19.3. The number of allylic oxidation sites excluding steroid dienone is 1. The van der Waals surface area contributed by atoms with Gasteiger partial charge in [0.1, 0.15) is 5.76 Å². The Morgan fingerprint density at radius 2 is 1.75 bits per heavy atom. The highest BCUT2D eigenvalue weighted by molar-refractivity contribution is 5.95. The molecule has 2 saturated carbocycles. The van der Waals surface area contributed by atoms with E-state index < -0.39 is 0 Å². The summed E-state index contributed by atoms with van der Waals surface area (Å²) >= 11 is 0. The van der Waals surface area contributed by atoms with Crippen molar-refractivity contribution in [1.29, 1.82) is 0 Å². The Hall–Kier alpha value is -4.97. The number of aliphatic hydroxyl groups excluding tert-OH is 1. The van der Waals surface area contributed by atoms with Crippen LogP contribution in [-0.4, -0.2) is 35.2 Å². The highest BCUT2D eigenvalue weighted by Crippen LogP contribution is 2.47. The molecule has 0 spiro atoms. The minimum atomic E-state index is -0.0310. The number of fused-ring (bicyclic) bond motifs is 5. The van der Waals surface area contributed by atoms with E-state index in [1.54, 1.807) is 11.6 Å². The first-order valence-electron chi connectivity index (χ1n) is 21.1. The maximum absolute atomic E-state index is 10.7. The lowest BCUT2D eigenvalue weighted by atomic mass is 9.81. The molecule has 0 bridgehead atoms. The molecule has 2 heterocycles. The van der Waals surface area contributed by atoms with Crippen molar-refractivity contribution in [3.63, 3.8) is 0 Å². The molecule has 6 heteroatoms. The molecule has 4 aromatic rings. The molecule has 1 aromatic heterocycles. The first-order valence-corrected chi connectivity index (χ1v) is 21.1. The van der Waals surface area contributed by atoms with Crippen molar-refractivity contribution in [1.82, 2.24) is 15.2 Å². The zero-order valence-electron chi connectivity index (χ0n) is 33.9. The zero-order valence-corrected chi connectivity index (χ0v) is 33.9. The third-order valence-corrected chi connectivity index (χ3v) is 12.5. The van der Waals surface area contributed by atoms with Gasteiger partial charge in [0.05, 0.1) is 11.2 Å². The smallest absolute Gasteiger partial charge is 0.207 e. The third kappa shape index (κ3) is 9.87. The number of anilines is 1. The molecule has 4 N–H and O–H groups in total. The van der Waals surface area contributed by atoms with Crippen LogP contribution in [0, 0.1) is 11.8 Å². The van der Waals surface area contributed by atoms with Crippen LogP contribution in [0.1, 0.15) is 112 Å². The van der Waals surface area contributed by atoms with Crippen LogP contribution in [0.25, 0.3) is 33.9 Å². The Morgan fingerprint density at radius 1 is 1.00 bits per heavy atom. The summed E-state index contributed by atoms with van der Waals surface area (Å²) in [5.74, 6) is 1.88. The monoisotopic (exact) mass is 753 g/mol. The number of nitrogens with zero attached hydrogens (tertiary/aromatic N) is 1. The number of carbonyl (C=O) groups excluding carboxylic acids is 1. The van der Waals surface area contributed by atoms with Crippen molar-refractivity contribution in [2.75, 3.05) is 18.9 Å². The molecule has 2 unspecified atom stereocenters. The Labute approximate surface area is 335 Å². The topological polar surface area (TPSA) is 78.3 Å². The van der Waals surface area contributed by atoms with Crippen molar-refractivity contribution in [2.45, 2.75) is 108 Å². The SMILES string of the molecule is C=C(O)/C=C/c1ccc(NC)cc1.C=CC1(NC(=C)c2ccc3c(C4CCCCC4)c4n(c3c2)CC(CC(C)CCCNC=O)Cc2ccccc2-4)CCCC1. The van der Waals surface area contributed by atoms with E-state index in [0.717, 1.165) is 68.6 Å². The van der Waals surface area contributed by atoms with Crippen molar-refractivity contribution in [3.8, 4) is 11.3 Å². The maximum Gasteiger partial charge on any atom is 0.207 e. The summed E-state index contributed by atoms with van der Waals surface area (Å²) in [6, 6.07) is 24.3. The van der Waals surface area contributed by atoms with Crippen LogP contribution in [0.5, 0.6) is 0 Å². The number of nitrogens with one attached hydrogen (secondary N) is 3. The van der Waals surface area contributed by atoms with Crippen LogP contribution < -0.4 is 16.0 Å².